The Morgan fingerprint density at radius 2 is 1.15 bits per heavy atom. The van der Waals surface area contributed by atoms with Crippen LogP contribution in [0, 0.1) is 0 Å². The third kappa shape index (κ3) is 5.69. The smallest absolute Gasteiger partial charge is 0.257 e. The second-order valence-electron chi connectivity index (χ2n) is 24.8. The summed E-state index contributed by atoms with van der Waals surface area (Å²) in [7, 11) is 0. The summed E-state index contributed by atoms with van der Waals surface area (Å²) < 4.78 is 7.70. The Morgan fingerprint density at radius 3 is 1.82 bits per heavy atom. The van der Waals surface area contributed by atoms with Crippen LogP contribution in [0.5, 0.6) is 0 Å². The molecule has 2 atom stereocenters. The van der Waals surface area contributed by atoms with Gasteiger partial charge in [-0.05, 0) is 146 Å². The van der Waals surface area contributed by atoms with Crippen molar-refractivity contribution in [3.63, 3.8) is 0 Å². The molecule has 0 bridgehead atoms. The van der Waals surface area contributed by atoms with Gasteiger partial charge in [0, 0.05) is 38.9 Å². The Kier molecular flexibility index (Phi) is 8.63. The summed E-state index contributed by atoms with van der Waals surface area (Å²) in [5.41, 5.74) is 22.4. The van der Waals surface area contributed by atoms with Gasteiger partial charge in [0.1, 0.15) is 5.58 Å². The van der Waals surface area contributed by atoms with Crippen LogP contribution < -0.4 is 26.2 Å². The number of fused-ring (bicyclic) bond motifs is 10. The molecule has 0 saturated heterocycles. The molecule has 0 radical (unpaired) electrons. The topological polar surface area (TPSA) is 19.6 Å². The molecule has 6 aromatic carbocycles. The standard InChI is InChI=1S/C62H67BN2O/c1-57(2,3)41-25-26-49(43(33-41)39-23-17-14-18-24-39)64-50-31-40(38-21-15-13-16-22-38)32-51-54(50)63(53-44-36-45-46(37-52(44)66-56(53)64)60(9,10)30-29-59(45,7)8)48-35-42(58(4,5)6)34-47-55(48)65(51)62(12)28-20-19-27-61(47,62)11/h13-18,21-26,31-37H,19-20,27-30H2,1-12H3. The predicted octanol–water partition coefficient (Wildman–Crippen LogP) is 15.1. The van der Waals surface area contributed by atoms with E-state index in [1.807, 2.05) is 0 Å². The van der Waals surface area contributed by atoms with Gasteiger partial charge in [-0.25, -0.2) is 0 Å². The summed E-state index contributed by atoms with van der Waals surface area (Å²) >= 11 is 0. The molecule has 7 aromatic rings. The van der Waals surface area contributed by atoms with Crippen LogP contribution in [0.15, 0.2) is 120 Å². The van der Waals surface area contributed by atoms with Crippen LogP contribution in [0.25, 0.3) is 33.2 Å². The Bertz CT molecular complexity index is 3160. The summed E-state index contributed by atoms with van der Waals surface area (Å²) in [4.78, 5) is 5.46. The predicted molar refractivity (Wildman–Crippen MR) is 282 cm³/mol. The number of rotatable bonds is 3. The number of furan rings is 1. The van der Waals surface area contributed by atoms with Gasteiger partial charge in [0.15, 0.2) is 0 Å². The Hall–Kier alpha value is -5.48. The molecule has 3 nitrogen and oxygen atoms in total. The molecule has 66 heavy (non-hydrogen) atoms. The molecule has 1 aromatic heterocycles. The molecule has 12 rings (SSSR count). The summed E-state index contributed by atoms with van der Waals surface area (Å²) in [6.07, 6.45) is 7.16. The third-order valence-corrected chi connectivity index (χ3v) is 17.8. The molecule has 334 valence electrons. The zero-order valence-corrected chi connectivity index (χ0v) is 41.6. The number of nitrogens with zero attached hydrogens (tertiary/aromatic N) is 2. The molecule has 2 unspecified atom stereocenters. The fraction of sp³-hybridized carbons (Fsp3) is 0.387. The molecule has 2 aliphatic carbocycles. The fourth-order valence-electron chi connectivity index (χ4n) is 13.4. The zero-order chi connectivity index (χ0) is 46.1. The number of anilines is 5. The van der Waals surface area contributed by atoms with Crippen molar-refractivity contribution in [1.82, 2.24) is 0 Å². The lowest BCUT2D eigenvalue weighted by molar-refractivity contribution is 0.195. The van der Waals surface area contributed by atoms with E-state index < -0.39 is 0 Å². The normalized spacial score (nSPS) is 22.2. The molecular formula is C62H67BN2O. The van der Waals surface area contributed by atoms with Gasteiger partial charge < -0.3 is 9.32 Å². The Labute approximate surface area is 394 Å². The first-order chi connectivity index (χ1) is 31.2. The quantitative estimate of drug-likeness (QED) is 0.165. The molecule has 4 heterocycles. The average molecular weight is 867 g/mol. The highest BCUT2D eigenvalue weighted by atomic mass is 16.4. The molecule has 1 saturated carbocycles. The van der Waals surface area contributed by atoms with Crippen LogP contribution in [0.1, 0.15) is 149 Å². The second kappa shape index (κ2) is 13.6. The van der Waals surface area contributed by atoms with Crippen molar-refractivity contribution < 1.29 is 4.42 Å². The van der Waals surface area contributed by atoms with Crippen molar-refractivity contribution in [2.24, 2.45) is 0 Å². The van der Waals surface area contributed by atoms with Gasteiger partial charge in [0.25, 0.3) is 6.71 Å². The monoisotopic (exact) mass is 867 g/mol. The first kappa shape index (κ1) is 41.9. The minimum atomic E-state index is -0.102. The van der Waals surface area contributed by atoms with E-state index in [0.29, 0.717) is 0 Å². The Balaban J connectivity index is 1.27. The van der Waals surface area contributed by atoms with Gasteiger partial charge in [0.05, 0.1) is 11.2 Å². The summed E-state index contributed by atoms with van der Waals surface area (Å²) in [6.45, 7) is 29.2. The van der Waals surface area contributed by atoms with Crippen LogP contribution in [0.3, 0.4) is 0 Å². The van der Waals surface area contributed by atoms with Crippen molar-refractivity contribution in [1.29, 1.82) is 0 Å². The number of benzene rings is 6. The van der Waals surface area contributed by atoms with Gasteiger partial charge in [-0.2, -0.15) is 0 Å². The third-order valence-electron chi connectivity index (χ3n) is 17.8. The van der Waals surface area contributed by atoms with E-state index in [1.54, 1.807) is 5.56 Å². The second-order valence-corrected chi connectivity index (χ2v) is 24.8. The largest absolute Gasteiger partial charge is 0.440 e. The van der Waals surface area contributed by atoms with Crippen molar-refractivity contribution in [3.05, 3.63) is 143 Å². The van der Waals surface area contributed by atoms with Gasteiger partial charge in [-0.3, -0.25) is 4.90 Å². The van der Waals surface area contributed by atoms with Crippen molar-refractivity contribution in [2.75, 3.05) is 9.80 Å². The first-order valence-electron chi connectivity index (χ1n) is 25.1. The Morgan fingerprint density at radius 1 is 0.530 bits per heavy atom. The van der Waals surface area contributed by atoms with Crippen molar-refractivity contribution in [3.8, 4) is 22.3 Å². The molecule has 5 aliphatic rings. The highest BCUT2D eigenvalue weighted by Crippen LogP contribution is 2.63. The number of hydrogen-bond acceptors (Lipinski definition) is 3. The van der Waals surface area contributed by atoms with Gasteiger partial charge in [0.2, 0.25) is 5.88 Å². The van der Waals surface area contributed by atoms with E-state index in [0.717, 1.165) is 36.4 Å². The van der Waals surface area contributed by atoms with Crippen molar-refractivity contribution >= 4 is 62.7 Å². The summed E-state index contributed by atoms with van der Waals surface area (Å²) in [5.74, 6) is 0.952. The lowest BCUT2D eigenvalue weighted by Crippen LogP contribution is -2.64. The van der Waals surface area contributed by atoms with E-state index in [9.17, 15) is 0 Å². The average Bonchev–Trinajstić information content (AvgIpc) is 3.75. The molecular weight excluding hydrogens is 800 g/mol. The van der Waals surface area contributed by atoms with Crippen LogP contribution in [-0.4, -0.2) is 12.3 Å². The molecule has 0 N–H and O–H groups in total. The van der Waals surface area contributed by atoms with Crippen molar-refractivity contribution in [2.45, 2.75) is 154 Å². The van der Waals surface area contributed by atoms with Gasteiger partial charge in [-0.1, -0.05) is 168 Å². The van der Waals surface area contributed by atoms with E-state index in [-0.39, 0.29) is 39.3 Å². The highest BCUT2D eigenvalue weighted by molar-refractivity contribution is 7.01. The summed E-state index contributed by atoms with van der Waals surface area (Å²) in [6, 6.07) is 44.9. The fourth-order valence-corrected chi connectivity index (χ4v) is 13.4. The maximum atomic E-state index is 7.70. The van der Waals surface area contributed by atoms with E-state index >= 15 is 0 Å². The van der Waals surface area contributed by atoms with E-state index in [2.05, 4.69) is 208 Å². The number of hydrogen-bond donors (Lipinski definition) is 0. The van der Waals surface area contributed by atoms with Crippen LogP contribution in [0.4, 0.5) is 28.6 Å². The first-order valence-corrected chi connectivity index (χ1v) is 25.1. The lowest BCUT2D eigenvalue weighted by atomic mass is 9.33. The van der Waals surface area contributed by atoms with Crippen LogP contribution in [0.2, 0.25) is 0 Å². The maximum Gasteiger partial charge on any atom is 0.257 e. The molecule has 1 fully saturated rings. The molecule has 4 heteroatoms. The van der Waals surface area contributed by atoms with E-state index in [1.165, 1.54) is 103 Å². The van der Waals surface area contributed by atoms with Gasteiger partial charge >= 0.3 is 0 Å². The zero-order valence-electron chi connectivity index (χ0n) is 41.6. The van der Waals surface area contributed by atoms with Gasteiger partial charge in [-0.15, -0.1) is 0 Å². The maximum absolute atomic E-state index is 7.70. The highest BCUT2D eigenvalue weighted by Gasteiger charge is 2.62. The molecule has 0 spiro atoms. The minimum Gasteiger partial charge on any atom is -0.440 e. The van der Waals surface area contributed by atoms with Crippen LogP contribution >= 0.6 is 0 Å². The summed E-state index contributed by atoms with van der Waals surface area (Å²) in [5, 5.41) is 1.26. The molecule has 0 amide bonds. The SMILES string of the molecule is CC(C)(C)c1ccc(N2c3cc(-c4ccccc4)cc4c3B(c3cc(C(C)(C)C)cc5c3N4C3(C)CCCCC53C)c3c2oc2cc4c(cc32)C(C)(C)CCC4(C)C)c(-c2ccccc2)c1. The molecule has 3 aliphatic heterocycles. The van der Waals surface area contributed by atoms with E-state index in [4.69, 9.17) is 4.42 Å². The van der Waals surface area contributed by atoms with Crippen LogP contribution in [-0.2, 0) is 27.1 Å². The lowest BCUT2D eigenvalue weighted by Gasteiger charge is -2.52. The minimum absolute atomic E-state index is 0.0152.